The second-order valence-electron chi connectivity index (χ2n) is 6.91. The van der Waals surface area contributed by atoms with Gasteiger partial charge in [0.25, 0.3) is 5.91 Å². The Balaban J connectivity index is 1.72. The van der Waals surface area contributed by atoms with Crippen LogP contribution in [0.15, 0.2) is 42.5 Å². The first-order chi connectivity index (χ1) is 14.1. The molecular weight excluding hydrogens is 423 g/mol. The van der Waals surface area contributed by atoms with Crippen LogP contribution in [0.5, 0.6) is 0 Å². The Morgan fingerprint density at radius 3 is 2.63 bits per heavy atom. The van der Waals surface area contributed by atoms with Crippen molar-refractivity contribution in [1.82, 2.24) is 0 Å². The van der Waals surface area contributed by atoms with Gasteiger partial charge in [-0.3, -0.25) is 4.79 Å². The SMILES string of the molecule is CN1CCc2cc(C(=O)Nc3c(F)cccc3C(F)(F)F)sc2-c2ccc(F)cc21. The van der Waals surface area contributed by atoms with E-state index in [0.29, 0.717) is 24.7 Å². The normalized spacial score (nSPS) is 13.5. The summed E-state index contributed by atoms with van der Waals surface area (Å²) >= 11 is 1.08. The van der Waals surface area contributed by atoms with Gasteiger partial charge in [-0.1, -0.05) is 6.07 Å². The van der Waals surface area contributed by atoms with Crippen molar-refractivity contribution in [2.45, 2.75) is 12.6 Å². The van der Waals surface area contributed by atoms with Gasteiger partial charge in [0.05, 0.1) is 16.1 Å². The number of hydrogen-bond acceptors (Lipinski definition) is 3. The first-order valence-electron chi connectivity index (χ1n) is 8.96. The average Bonchev–Trinajstić information content (AvgIpc) is 3.06. The molecule has 9 heteroatoms. The third-order valence-electron chi connectivity index (χ3n) is 4.92. The number of alkyl halides is 3. The van der Waals surface area contributed by atoms with E-state index >= 15 is 0 Å². The van der Waals surface area contributed by atoms with E-state index in [-0.39, 0.29) is 4.88 Å². The van der Waals surface area contributed by atoms with Crippen molar-refractivity contribution in [2.75, 3.05) is 23.8 Å². The lowest BCUT2D eigenvalue weighted by atomic mass is 10.1. The second kappa shape index (κ2) is 7.39. The van der Waals surface area contributed by atoms with E-state index in [1.54, 1.807) is 12.1 Å². The molecule has 0 spiro atoms. The maximum absolute atomic E-state index is 14.1. The summed E-state index contributed by atoms with van der Waals surface area (Å²) in [6.45, 7) is 0.576. The Kier molecular flexibility index (Phi) is 5.01. The van der Waals surface area contributed by atoms with Crippen LogP contribution in [-0.4, -0.2) is 19.5 Å². The molecule has 30 heavy (non-hydrogen) atoms. The van der Waals surface area contributed by atoms with Crippen LogP contribution in [0, 0.1) is 11.6 Å². The molecule has 2 aromatic carbocycles. The minimum Gasteiger partial charge on any atom is -0.374 e. The number of amides is 1. The maximum atomic E-state index is 14.1. The number of nitrogens with zero attached hydrogens (tertiary/aromatic N) is 1. The fourth-order valence-electron chi connectivity index (χ4n) is 3.44. The molecule has 1 N–H and O–H groups in total. The molecule has 0 radical (unpaired) electrons. The van der Waals surface area contributed by atoms with Gasteiger partial charge < -0.3 is 10.2 Å². The Hall–Kier alpha value is -2.94. The number of hydrogen-bond donors (Lipinski definition) is 1. The summed E-state index contributed by atoms with van der Waals surface area (Å²) in [5, 5.41) is 2.07. The number of nitrogens with one attached hydrogen (secondary N) is 1. The molecule has 3 nitrogen and oxygen atoms in total. The van der Waals surface area contributed by atoms with Gasteiger partial charge in [0.15, 0.2) is 0 Å². The van der Waals surface area contributed by atoms with Crippen LogP contribution in [0.1, 0.15) is 20.8 Å². The topological polar surface area (TPSA) is 32.3 Å². The van der Waals surface area contributed by atoms with E-state index in [1.165, 1.54) is 12.1 Å². The minimum absolute atomic E-state index is 0.149. The zero-order chi connectivity index (χ0) is 21.6. The van der Waals surface area contributed by atoms with Crippen LogP contribution in [0.3, 0.4) is 0 Å². The Morgan fingerprint density at radius 1 is 1.13 bits per heavy atom. The highest BCUT2D eigenvalue weighted by Gasteiger charge is 2.35. The van der Waals surface area contributed by atoms with Crippen molar-refractivity contribution < 1.29 is 26.7 Å². The highest BCUT2D eigenvalue weighted by molar-refractivity contribution is 7.17. The van der Waals surface area contributed by atoms with Crippen LogP contribution in [0.4, 0.5) is 33.3 Å². The van der Waals surface area contributed by atoms with E-state index in [0.717, 1.165) is 39.5 Å². The molecule has 0 unspecified atom stereocenters. The monoisotopic (exact) mass is 438 g/mol. The lowest BCUT2D eigenvalue weighted by Gasteiger charge is -2.19. The minimum atomic E-state index is -4.81. The van der Waals surface area contributed by atoms with Crippen molar-refractivity contribution in [3.63, 3.8) is 0 Å². The molecule has 1 aliphatic rings. The highest BCUT2D eigenvalue weighted by atomic mass is 32.1. The lowest BCUT2D eigenvalue weighted by Crippen LogP contribution is -2.19. The van der Waals surface area contributed by atoms with Crippen molar-refractivity contribution in [3.05, 3.63) is 70.1 Å². The van der Waals surface area contributed by atoms with Crippen LogP contribution in [0.2, 0.25) is 0 Å². The summed E-state index contributed by atoms with van der Waals surface area (Å²) in [6, 6.07) is 8.43. The molecule has 0 bridgehead atoms. The summed E-state index contributed by atoms with van der Waals surface area (Å²) in [5.41, 5.74) is 0.0671. The van der Waals surface area contributed by atoms with Gasteiger partial charge in [0.2, 0.25) is 0 Å². The van der Waals surface area contributed by atoms with Crippen molar-refractivity contribution in [1.29, 1.82) is 0 Å². The first-order valence-corrected chi connectivity index (χ1v) is 9.77. The number of halogens is 5. The summed E-state index contributed by atoms with van der Waals surface area (Å²) in [4.78, 5) is 15.5. The van der Waals surface area contributed by atoms with Crippen LogP contribution in [0.25, 0.3) is 10.4 Å². The standard InChI is InChI=1S/C21H15F5N2OS/c1-28-8-7-11-9-17(30-19(11)13-6-5-12(22)10-16(13)28)20(29)27-18-14(21(24,25)26)3-2-4-15(18)23/h2-6,9-10H,7-8H2,1H3,(H,27,29). The number of carbonyl (C=O) groups excluding carboxylic acids is 1. The van der Waals surface area contributed by atoms with Gasteiger partial charge in [-0.05, 0) is 48.4 Å². The zero-order valence-corrected chi connectivity index (χ0v) is 16.4. The molecule has 1 aromatic heterocycles. The van der Waals surface area contributed by atoms with Crippen molar-refractivity contribution in [2.24, 2.45) is 0 Å². The van der Waals surface area contributed by atoms with E-state index < -0.39 is 35.0 Å². The van der Waals surface area contributed by atoms with Gasteiger partial charge in [0.1, 0.15) is 11.6 Å². The average molecular weight is 438 g/mol. The van der Waals surface area contributed by atoms with Crippen molar-refractivity contribution in [3.8, 4) is 10.4 Å². The summed E-state index contributed by atoms with van der Waals surface area (Å²) < 4.78 is 67.4. The molecule has 0 saturated heterocycles. The molecule has 2 heterocycles. The van der Waals surface area contributed by atoms with E-state index in [2.05, 4.69) is 5.32 Å². The van der Waals surface area contributed by atoms with Gasteiger partial charge in [-0.2, -0.15) is 13.2 Å². The maximum Gasteiger partial charge on any atom is 0.418 e. The summed E-state index contributed by atoms with van der Waals surface area (Å²) in [6.07, 6.45) is -4.25. The molecule has 4 rings (SSSR count). The molecule has 1 amide bonds. The van der Waals surface area contributed by atoms with Gasteiger partial charge in [0, 0.05) is 29.7 Å². The predicted octanol–water partition coefficient (Wildman–Crippen LogP) is 5.96. The number of benzene rings is 2. The van der Waals surface area contributed by atoms with E-state index in [1.807, 2.05) is 11.9 Å². The number of anilines is 2. The van der Waals surface area contributed by atoms with Gasteiger partial charge in [-0.15, -0.1) is 11.3 Å². The molecule has 156 valence electrons. The molecule has 0 fully saturated rings. The number of para-hydroxylation sites is 1. The van der Waals surface area contributed by atoms with Gasteiger partial charge >= 0.3 is 6.18 Å². The third kappa shape index (κ3) is 3.65. The molecule has 3 aromatic rings. The molecule has 0 saturated carbocycles. The Labute approximate surface area is 172 Å². The fraction of sp³-hybridized carbons (Fsp3) is 0.190. The number of fused-ring (bicyclic) bond motifs is 3. The molecule has 1 aliphatic heterocycles. The fourth-order valence-corrected chi connectivity index (χ4v) is 4.58. The third-order valence-corrected chi connectivity index (χ3v) is 6.13. The van der Waals surface area contributed by atoms with E-state index in [4.69, 9.17) is 0 Å². The van der Waals surface area contributed by atoms with Crippen LogP contribution < -0.4 is 10.2 Å². The lowest BCUT2D eigenvalue weighted by molar-refractivity contribution is -0.137. The van der Waals surface area contributed by atoms with E-state index in [9.17, 15) is 26.7 Å². The Bertz CT molecular complexity index is 1140. The van der Waals surface area contributed by atoms with Crippen molar-refractivity contribution >= 4 is 28.6 Å². The molecule has 0 atom stereocenters. The number of carbonyl (C=O) groups is 1. The van der Waals surface area contributed by atoms with Gasteiger partial charge in [-0.25, -0.2) is 8.78 Å². The zero-order valence-electron chi connectivity index (χ0n) is 15.6. The number of likely N-dealkylation sites (N-methyl/N-ethyl adjacent to an activating group) is 1. The smallest absolute Gasteiger partial charge is 0.374 e. The largest absolute Gasteiger partial charge is 0.418 e. The summed E-state index contributed by atoms with van der Waals surface area (Å²) in [7, 11) is 1.83. The van der Waals surface area contributed by atoms with Crippen LogP contribution >= 0.6 is 11.3 Å². The number of thiophene rings is 1. The summed E-state index contributed by atoms with van der Waals surface area (Å²) in [5.74, 6) is -2.39. The molecular formula is C21H15F5N2OS. The Morgan fingerprint density at radius 2 is 1.90 bits per heavy atom. The van der Waals surface area contributed by atoms with Crippen LogP contribution in [-0.2, 0) is 12.6 Å². The first kappa shape index (κ1) is 20.3. The molecule has 0 aliphatic carbocycles. The number of rotatable bonds is 2. The second-order valence-corrected chi connectivity index (χ2v) is 7.96. The quantitative estimate of drug-likeness (QED) is 0.501. The highest BCUT2D eigenvalue weighted by Crippen LogP contribution is 2.42. The predicted molar refractivity (Wildman–Crippen MR) is 106 cm³/mol.